The molecule has 0 amide bonds. The molecule has 1 aliphatic rings. The van der Waals surface area contributed by atoms with Crippen LogP contribution in [0, 0.1) is 13.8 Å². The number of rotatable bonds is 7. The van der Waals surface area contributed by atoms with Gasteiger partial charge in [0.2, 0.25) is 0 Å². The smallest absolute Gasteiger partial charge is 0.174 e. The molecule has 2 atom stereocenters. The third-order valence-corrected chi connectivity index (χ3v) is 7.95. The predicted molar refractivity (Wildman–Crippen MR) is 168 cm³/mol. The van der Waals surface area contributed by atoms with E-state index in [1.54, 1.807) is 7.11 Å². The van der Waals surface area contributed by atoms with Crippen molar-refractivity contribution < 1.29 is 9.47 Å². The first-order valence-corrected chi connectivity index (χ1v) is 14.1. The zero-order valence-electron chi connectivity index (χ0n) is 22.9. The first-order chi connectivity index (χ1) is 19.9. The molecule has 3 heterocycles. The summed E-state index contributed by atoms with van der Waals surface area (Å²) in [6.07, 6.45) is 1.82. The molecule has 1 saturated heterocycles. The molecule has 0 aliphatic carbocycles. The summed E-state index contributed by atoms with van der Waals surface area (Å²) in [7, 11) is 1.65. The van der Waals surface area contributed by atoms with Gasteiger partial charge in [0.05, 0.1) is 24.9 Å². The first kappa shape index (κ1) is 26.9. The number of ether oxygens (including phenoxy) is 2. The number of anilines is 1. The van der Waals surface area contributed by atoms with Crippen molar-refractivity contribution >= 4 is 34.6 Å². The van der Waals surface area contributed by atoms with Crippen molar-refractivity contribution in [1.29, 1.82) is 0 Å². The van der Waals surface area contributed by atoms with Crippen LogP contribution in [0.4, 0.5) is 5.69 Å². The van der Waals surface area contributed by atoms with Crippen molar-refractivity contribution in [3.63, 3.8) is 0 Å². The van der Waals surface area contributed by atoms with E-state index in [2.05, 4.69) is 34.7 Å². The van der Waals surface area contributed by atoms with Crippen LogP contribution in [0.15, 0.2) is 103 Å². The lowest BCUT2D eigenvalue weighted by molar-refractivity contribution is 0.413. The van der Waals surface area contributed by atoms with E-state index in [-0.39, 0.29) is 12.1 Å². The van der Waals surface area contributed by atoms with Crippen molar-refractivity contribution in [2.24, 2.45) is 0 Å². The number of nitrogens with zero attached hydrogens (tertiary/aromatic N) is 3. The van der Waals surface area contributed by atoms with E-state index in [1.807, 2.05) is 97.2 Å². The maximum atomic E-state index is 6.19. The van der Waals surface area contributed by atoms with E-state index in [0.717, 1.165) is 45.7 Å². The van der Waals surface area contributed by atoms with Gasteiger partial charge in [-0.1, -0.05) is 17.7 Å². The molecule has 3 aromatic carbocycles. The largest absolute Gasteiger partial charge is 0.497 e. The summed E-state index contributed by atoms with van der Waals surface area (Å²) in [4.78, 5) is 6.88. The Morgan fingerprint density at radius 3 is 2.10 bits per heavy atom. The lowest BCUT2D eigenvalue weighted by atomic mass is 9.96. The summed E-state index contributed by atoms with van der Waals surface area (Å²) in [6.45, 7) is 4.27. The topological polar surface area (TPSA) is 51.6 Å². The lowest BCUT2D eigenvalue weighted by Gasteiger charge is -2.28. The lowest BCUT2D eigenvalue weighted by Crippen LogP contribution is -2.29. The van der Waals surface area contributed by atoms with Crippen LogP contribution in [0.25, 0.3) is 5.69 Å². The van der Waals surface area contributed by atoms with Crippen molar-refractivity contribution in [2.75, 3.05) is 12.0 Å². The molecular weight excluding hydrogens is 552 g/mol. The summed E-state index contributed by atoms with van der Waals surface area (Å²) in [5.41, 5.74) is 6.37. The first-order valence-electron chi connectivity index (χ1n) is 13.3. The van der Waals surface area contributed by atoms with Gasteiger partial charge < -0.3 is 24.3 Å². The van der Waals surface area contributed by atoms with E-state index < -0.39 is 0 Å². The Morgan fingerprint density at radius 1 is 0.829 bits per heavy atom. The second-order valence-corrected chi connectivity index (χ2v) is 10.7. The molecule has 8 heteroatoms. The average Bonchev–Trinajstić information content (AvgIpc) is 3.49. The van der Waals surface area contributed by atoms with Crippen LogP contribution in [0.5, 0.6) is 17.2 Å². The van der Waals surface area contributed by atoms with Crippen molar-refractivity contribution in [3.05, 3.63) is 131 Å². The normalized spacial score (nSPS) is 16.5. The number of hydrogen-bond donors (Lipinski definition) is 1. The SMILES string of the molecule is COc1ccc(Oc2ccc(N3C(=S)N[C@H](c4ccccn4)[C@@H]3c3cc(C)n(-c4ccc(Cl)cc4)c3C)cc2)cc1. The van der Waals surface area contributed by atoms with Gasteiger partial charge in [0.25, 0.3) is 0 Å². The summed E-state index contributed by atoms with van der Waals surface area (Å²) in [6, 6.07) is 31.4. The molecule has 1 fully saturated rings. The number of halogens is 1. The maximum absolute atomic E-state index is 6.19. The highest BCUT2D eigenvalue weighted by atomic mass is 35.5. The maximum Gasteiger partial charge on any atom is 0.174 e. The molecule has 6 nitrogen and oxygen atoms in total. The van der Waals surface area contributed by atoms with Crippen LogP contribution >= 0.6 is 23.8 Å². The number of methoxy groups -OCH3 is 1. The van der Waals surface area contributed by atoms with E-state index >= 15 is 0 Å². The van der Waals surface area contributed by atoms with Gasteiger partial charge >= 0.3 is 0 Å². The van der Waals surface area contributed by atoms with Gasteiger partial charge in [-0.05, 0) is 123 Å². The zero-order chi connectivity index (χ0) is 28.5. The summed E-state index contributed by atoms with van der Waals surface area (Å²) >= 11 is 12.1. The molecule has 206 valence electrons. The Kier molecular flexibility index (Phi) is 7.39. The van der Waals surface area contributed by atoms with E-state index in [1.165, 1.54) is 5.56 Å². The molecule has 0 spiro atoms. The number of hydrogen-bond acceptors (Lipinski definition) is 4. The highest BCUT2D eigenvalue weighted by Crippen LogP contribution is 2.44. The third-order valence-electron chi connectivity index (χ3n) is 7.38. The Balaban J connectivity index is 1.38. The molecular formula is C33H29ClN4O2S. The minimum atomic E-state index is -0.141. The quantitative estimate of drug-likeness (QED) is 0.196. The number of nitrogens with one attached hydrogen (secondary N) is 1. The second kappa shape index (κ2) is 11.3. The molecule has 0 saturated carbocycles. The number of aromatic nitrogens is 2. The van der Waals surface area contributed by atoms with E-state index in [0.29, 0.717) is 10.1 Å². The second-order valence-electron chi connectivity index (χ2n) is 9.91. The number of thiocarbonyl (C=S) groups is 1. The average molecular weight is 581 g/mol. The highest BCUT2D eigenvalue weighted by molar-refractivity contribution is 7.80. The van der Waals surface area contributed by atoms with Crippen molar-refractivity contribution in [1.82, 2.24) is 14.9 Å². The highest BCUT2D eigenvalue weighted by Gasteiger charge is 2.42. The fourth-order valence-electron chi connectivity index (χ4n) is 5.48. The molecule has 0 unspecified atom stereocenters. The van der Waals surface area contributed by atoms with Crippen LogP contribution < -0.4 is 19.7 Å². The van der Waals surface area contributed by atoms with E-state index in [9.17, 15) is 0 Å². The van der Waals surface area contributed by atoms with Gasteiger partial charge in [0.15, 0.2) is 5.11 Å². The summed E-state index contributed by atoms with van der Waals surface area (Å²) < 4.78 is 13.6. The van der Waals surface area contributed by atoms with E-state index in [4.69, 9.17) is 38.3 Å². The van der Waals surface area contributed by atoms with Crippen molar-refractivity contribution in [3.8, 4) is 22.9 Å². The Labute approximate surface area is 250 Å². The third kappa shape index (κ3) is 5.26. The fraction of sp³-hybridized carbons (Fsp3) is 0.152. The molecule has 2 aromatic heterocycles. The number of aryl methyl sites for hydroxylation is 1. The molecule has 0 bridgehead atoms. The molecule has 5 aromatic rings. The van der Waals surface area contributed by atoms with Crippen LogP contribution in [0.3, 0.4) is 0 Å². The Morgan fingerprint density at radius 2 is 1.46 bits per heavy atom. The number of benzene rings is 3. The standard InChI is InChI=1S/C33H29ClN4O2S/c1-21-20-29(22(2)37(21)24-9-7-23(34)8-10-24)32-31(30-6-4-5-19-35-30)36-33(41)38(32)25-11-13-27(14-12-25)40-28-17-15-26(39-3)16-18-28/h4-20,31-32H,1-3H3,(H,36,41)/t31-,32+/m1/s1. The summed E-state index contributed by atoms with van der Waals surface area (Å²) in [5, 5.41) is 4.92. The van der Waals surface area contributed by atoms with Gasteiger partial charge in [-0.25, -0.2) is 0 Å². The van der Waals surface area contributed by atoms with Crippen LogP contribution in [0.2, 0.25) is 5.02 Å². The molecule has 1 N–H and O–H groups in total. The van der Waals surface area contributed by atoms with Gasteiger partial charge in [0.1, 0.15) is 17.2 Å². The van der Waals surface area contributed by atoms with Crippen LogP contribution in [0.1, 0.15) is 34.7 Å². The summed E-state index contributed by atoms with van der Waals surface area (Å²) in [5.74, 6) is 2.25. The van der Waals surface area contributed by atoms with Gasteiger partial charge in [-0.15, -0.1) is 0 Å². The molecule has 1 aliphatic heterocycles. The molecule has 41 heavy (non-hydrogen) atoms. The minimum Gasteiger partial charge on any atom is -0.497 e. The van der Waals surface area contributed by atoms with Gasteiger partial charge in [0, 0.05) is 34.0 Å². The Bertz CT molecular complexity index is 1670. The zero-order valence-corrected chi connectivity index (χ0v) is 24.5. The minimum absolute atomic E-state index is 0.127. The van der Waals surface area contributed by atoms with Crippen molar-refractivity contribution in [2.45, 2.75) is 25.9 Å². The van der Waals surface area contributed by atoms with Gasteiger partial charge in [-0.2, -0.15) is 0 Å². The van der Waals surface area contributed by atoms with Crippen LogP contribution in [-0.4, -0.2) is 21.8 Å². The van der Waals surface area contributed by atoms with Crippen LogP contribution in [-0.2, 0) is 0 Å². The monoisotopic (exact) mass is 580 g/mol. The Hall–Kier alpha value is -4.33. The molecule has 0 radical (unpaired) electrons. The number of pyridine rings is 1. The molecule has 6 rings (SSSR count). The fourth-order valence-corrected chi connectivity index (χ4v) is 5.95. The predicted octanol–water partition coefficient (Wildman–Crippen LogP) is 8.12. The van der Waals surface area contributed by atoms with Gasteiger partial charge in [-0.3, -0.25) is 4.98 Å².